The first kappa shape index (κ1) is 31.8. The number of hydrogen-bond acceptors (Lipinski definition) is 4. The predicted molar refractivity (Wildman–Crippen MR) is 223 cm³/mol. The van der Waals surface area contributed by atoms with Crippen molar-refractivity contribution in [1.29, 1.82) is 0 Å². The van der Waals surface area contributed by atoms with Gasteiger partial charge in [0.15, 0.2) is 0 Å². The van der Waals surface area contributed by atoms with Gasteiger partial charge in [0.1, 0.15) is 22.5 Å². The van der Waals surface area contributed by atoms with E-state index < -0.39 is 0 Å². The lowest BCUT2D eigenvalue weighted by molar-refractivity contribution is 0.590. The van der Waals surface area contributed by atoms with Crippen LogP contribution in [0.1, 0.15) is 52.7 Å². The van der Waals surface area contributed by atoms with Crippen LogP contribution in [-0.2, 0) is 10.8 Å². The van der Waals surface area contributed by atoms with Gasteiger partial charge in [-0.3, -0.25) is 0 Å². The SMILES string of the molecule is CC(C)(C)c1ccc(N2c3cccc4c3B(c3oc5ccccc5c32)c2oc3ccccc3c2N4c2ccc(C(C)(C)C)cc2-c2ccccc2)cc1. The summed E-state index contributed by atoms with van der Waals surface area (Å²) in [6.07, 6.45) is 0. The molecule has 0 spiro atoms. The predicted octanol–water partition coefficient (Wildman–Crippen LogP) is 11.5. The molecule has 2 aliphatic heterocycles. The van der Waals surface area contributed by atoms with Crippen LogP contribution in [0.3, 0.4) is 0 Å². The van der Waals surface area contributed by atoms with Gasteiger partial charge in [0.2, 0.25) is 0 Å². The zero-order valence-electron chi connectivity index (χ0n) is 31.1. The van der Waals surface area contributed by atoms with Crippen LogP contribution in [0.2, 0.25) is 0 Å². The third kappa shape index (κ3) is 4.76. The third-order valence-corrected chi connectivity index (χ3v) is 11.2. The van der Waals surface area contributed by atoms with Crippen LogP contribution in [0, 0.1) is 0 Å². The first-order valence-electron chi connectivity index (χ1n) is 18.6. The van der Waals surface area contributed by atoms with Crippen molar-refractivity contribution in [2.45, 2.75) is 52.4 Å². The minimum atomic E-state index is -0.249. The molecular formula is C48H41BN2O2. The molecule has 0 saturated heterocycles. The van der Waals surface area contributed by atoms with E-state index in [0.717, 1.165) is 67.4 Å². The molecule has 10 rings (SSSR count). The number of anilines is 6. The van der Waals surface area contributed by atoms with Crippen molar-refractivity contribution in [2.24, 2.45) is 0 Å². The molecule has 0 amide bonds. The normalized spacial score (nSPS) is 13.7. The van der Waals surface area contributed by atoms with Crippen LogP contribution in [-0.4, -0.2) is 6.71 Å². The van der Waals surface area contributed by atoms with Crippen LogP contribution in [0.5, 0.6) is 0 Å². The van der Waals surface area contributed by atoms with Crippen LogP contribution >= 0.6 is 0 Å². The lowest BCUT2D eigenvalue weighted by atomic mass is 9.37. The van der Waals surface area contributed by atoms with Gasteiger partial charge in [0.25, 0.3) is 0 Å². The Bertz CT molecular complexity index is 2710. The van der Waals surface area contributed by atoms with Gasteiger partial charge in [0.05, 0.1) is 17.1 Å². The fourth-order valence-electron chi connectivity index (χ4n) is 8.48. The summed E-state index contributed by atoms with van der Waals surface area (Å²) < 4.78 is 14.0. The van der Waals surface area contributed by atoms with Gasteiger partial charge >= 0.3 is 6.71 Å². The molecule has 6 aromatic carbocycles. The van der Waals surface area contributed by atoms with Crippen molar-refractivity contribution in [3.63, 3.8) is 0 Å². The Morgan fingerprint density at radius 1 is 0.472 bits per heavy atom. The molecule has 53 heavy (non-hydrogen) atoms. The van der Waals surface area contributed by atoms with Crippen LogP contribution in [0.15, 0.2) is 148 Å². The number of fused-ring (bicyclic) bond motifs is 8. The van der Waals surface area contributed by atoms with E-state index in [1.54, 1.807) is 0 Å². The average Bonchev–Trinajstić information content (AvgIpc) is 3.74. The van der Waals surface area contributed by atoms with E-state index in [2.05, 4.69) is 191 Å². The molecule has 0 N–H and O–H groups in total. The molecule has 0 bridgehead atoms. The van der Waals surface area contributed by atoms with Gasteiger partial charge in [-0.25, -0.2) is 0 Å². The maximum Gasteiger partial charge on any atom is 0.342 e. The maximum atomic E-state index is 7.04. The minimum Gasteiger partial charge on any atom is -0.468 e. The molecule has 0 radical (unpaired) electrons. The molecule has 4 nitrogen and oxygen atoms in total. The Balaban J connectivity index is 1.30. The Morgan fingerprint density at radius 2 is 1.00 bits per heavy atom. The van der Waals surface area contributed by atoms with Gasteiger partial charge in [-0.2, -0.15) is 0 Å². The summed E-state index contributed by atoms with van der Waals surface area (Å²) in [6, 6.07) is 50.5. The number of nitrogens with zero attached hydrogens (tertiary/aromatic N) is 2. The first-order valence-corrected chi connectivity index (χ1v) is 18.6. The Morgan fingerprint density at radius 3 is 1.60 bits per heavy atom. The third-order valence-electron chi connectivity index (χ3n) is 11.2. The Hall–Kier alpha value is -5.94. The zero-order valence-corrected chi connectivity index (χ0v) is 31.1. The number of benzene rings is 6. The van der Waals surface area contributed by atoms with Crippen molar-refractivity contribution in [1.82, 2.24) is 0 Å². The summed E-state index contributed by atoms with van der Waals surface area (Å²) in [5.74, 6) is 0. The molecule has 0 fully saturated rings. The van der Waals surface area contributed by atoms with Crippen molar-refractivity contribution < 1.29 is 8.83 Å². The van der Waals surface area contributed by atoms with Gasteiger partial charge in [0, 0.05) is 33.4 Å². The van der Waals surface area contributed by atoms with Gasteiger partial charge < -0.3 is 18.6 Å². The van der Waals surface area contributed by atoms with E-state index in [-0.39, 0.29) is 17.5 Å². The smallest absolute Gasteiger partial charge is 0.342 e. The molecule has 258 valence electrons. The van der Waals surface area contributed by atoms with E-state index in [4.69, 9.17) is 8.83 Å². The van der Waals surface area contributed by atoms with E-state index in [1.807, 2.05) is 0 Å². The average molecular weight is 689 g/mol. The summed E-state index contributed by atoms with van der Waals surface area (Å²) in [7, 11) is 0. The summed E-state index contributed by atoms with van der Waals surface area (Å²) in [4.78, 5) is 4.87. The Kier molecular flexibility index (Phi) is 6.76. The Labute approximate surface area is 311 Å². The minimum absolute atomic E-state index is 0.0187. The van der Waals surface area contributed by atoms with Gasteiger partial charge in [-0.05, 0) is 93.6 Å². The van der Waals surface area contributed by atoms with E-state index in [0.29, 0.717) is 0 Å². The second kappa shape index (κ2) is 11.3. The largest absolute Gasteiger partial charge is 0.468 e. The highest BCUT2D eigenvalue weighted by atomic mass is 16.3. The summed E-state index contributed by atoms with van der Waals surface area (Å²) in [5, 5.41) is 2.16. The topological polar surface area (TPSA) is 32.8 Å². The molecule has 0 aliphatic carbocycles. The molecule has 0 saturated carbocycles. The zero-order chi connectivity index (χ0) is 36.2. The van der Waals surface area contributed by atoms with Crippen LogP contribution in [0.4, 0.5) is 34.1 Å². The standard InChI is InChI=1S/C48H41BN2O2/c1-47(2,3)31-23-26-33(27-24-31)50-38-19-14-20-39-42(38)49(45-43(50)34-17-10-12-21-40(34)52-45)46-44(35-18-11-13-22-41(35)53-46)51(39)37-28-25-32(48(4,5)6)29-36(37)30-15-8-7-9-16-30/h7-29H,1-6H3. The number of hydrogen-bond donors (Lipinski definition) is 0. The summed E-state index contributed by atoms with van der Waals surface area (Å²) >= 11 is 0. The molecule has 0 unspecified atom stereocenters. The fraction of sp³-hybridized carbons (Fsp3) is 0.167. The molecule has 2 aliphatic rings. The highest BCUT2D eigenvalue weighted by Gasteiger charge is 2.49. The van der Waals surface area contributed by atoms with Crippen molar-refractivity contribution in [2.75, 3.05) is 9.80 Å². The second-order valence-corrected chi connectivity index (χ2v) is 16.6. The van der Waals surface area contributed by atoms with E-state index in [1.165, 1.54) is 27.7 Å². The number of furan rings is 2. The molecule has 4 heterocycles. The quantitative estimate of drug-likeness (QED) is 0.173. The maximum absolute atomic E-state index is 7.04. The fourth-order valence-corrected chi connectivity index (χ4v) is 8.48. The highest BCUT2D eigenvalue weighted by molar-refractivity contribution is 6.99. The lowest BCUT2D eigenvalue weighted by Crippen LogP contribution is -2.60. The molecular weight excluding hydrogens is 647 g/mol. The van der Waals surface area contributed by atoms with Crippen molar-refractivity contribution in [3.05, 3.63) is 151 Å². The van der Waals surface area contributed by atoms with Crippen LogP contribution < -0.4 is 26.6 Å². The second-order valence-electron chi connectivity index (χ2n) is 16.6. The van der Waals surface area contributed by atoms with E-state index >= 15 is 0 Å². The van der Waals surface area contributed by atoms with Gasteiger partial charge in [-0.1, -0.05) is 120 Å². The van der Waals surface area contributed by atoms with Gasteiger partial charge in [-0.15, -0.1) is 0 Å². The van der Waals surface area contributed by atoms with Crippen molar-refractivity contribution in [3.8, 4) is 11.1 Å². The molecule has 2 aromatic heterocycles. The molecule has 5 heteroatoms. The van der Waals surface area contributed by atoms with Crippen LogP contribution in [0.25, 0.3) is 33.1 Å². The summed E-state index contributed by atoms with van der Waals surface area (Å²) in [5.41, 5.74) is 16.3. The monoisotopic (exact) mass is 688 g/mol. The van der Waals surface area contributed by atoms with E-state index in [9.17, 15) is 0 Å². The highest BCUT2D eigenvalue weighted by Crippen LogP contribution is 2.50. The number of rotatable bonds is 3. The lowest BCUT2D eigenvalue weighted by Gasteiger charge is -2.41. The molecule has 8 aromatic rings. The number of para-hydroxylation sites is 2. The summed E-state index contributed by atoms with van der Waals surface area (Å²) in [6.45, 7) is 13.4. The first-order chi connectivity index (χ1) is 25.6. The van der Waals surface area contributed by atoms with Crippen molar-refractivity contribution >= 4 is 79.6 Å². The molecule has 0 atom stereocenters.